The average Bonchev–Trinajstić information content (AvgIpc) is 3.00. The Morgan fingerprint density at radius 3 is 2.43 bits per heavy atom. The Morgan fingerprint density at radius 1 is 0.826 bits per heavy atom. The van der Waals surface area contributed by atoms with Crippen molar-refractivity contribution in [2.45, 2.75) is 13.0 Å². The molecule has 0 bridgehead atoms. The Bertz CT molecular complexity index is 983. The largest absolute Gasteiger partial charge is 0.285 e. The first-order valence-electron chi connectivity index (χ1n) is 7.81. The summed E-state index contributed by atoms with van der Waals surface area (Å²) in [4.78, 5) is 4.77. The molecule has 0 aliphatic carbocycles. The highest BCUT2D eigenvalue weighted by atomic mass is 32.1. The summed E-state index contributed by atoms with van der Waals surface area (Å²) in [6, 6.07) is 25.6. The standard InChI is InChI=1S/C21H17NS/c1-15(16-8-3-2-4-9-16)22-14-17-10-7-12-19-18-11-5-6-13-20(18)23-21(17)19/h2-15H,1H3/t15-/m1/s1. The van der Waals surface area contributed by atoms with Crippen LogP contribution in [0.15, 0.2) is 77.8 Å². The third kappa shape index (κ3) is 2.66. The predicted molar refractivity (Wildman–Crippen MR) is 102 cm³/mol. The van der Waals surface area contributed by atoms with Gasteiger partial charge in [0.25, 0.3) is 0 Å². The summed E-state index contributed by atoms with van der Waals surface area (Å²) in [5, 5.41) is 2.65. The van der Waals surface area contributed by atoms with Crippen molar-refractivity contribution < 1.29 is 0 Å². The van der Waals surface area contributed by atoms with Crippen molar-refractivity contribution in [3.05, 3.63) is 83.9 Å². The molecule has 0 radical (unpaired) electrons. The molecule has 1 nitrogen and oxygen atoms in total. The van der Waals surface area contributed by atoms with Gasteiger partial charge in [-0.05, 0) is 18.6 Å². The van der Waals surface area contributed by atoms with Gasteiger partial charge in [-0.15, -0.1) is 11.3 Å². The molecule has 0 fully saturated rings. The second-order valence-corrected chi connectivity index (χ2v) is 6.74. The second-order valence-electron chi connectivity index (χ2n) is 5.69. The highest BCUT2D eigenvalue weighted by Gasteiger charge is 2.07. The fourth-order valence-electron chi connectivity index (χ4n) is 2.88. The number of thiophene rings is 1. The molecule has 1 aromatic heterocycles. The molecule has 4 rings (SSSR count). The maximum absolute atomic E-state index is 4.77. The van der Waals surface area contributed by atoms with Gasteiger partial charge in [0.2, 0.25) is 0 Å². The molecule has 0 saturated heterocycles. The van der Waals surface area contributed by atoms with Crippen molar-refractivity contribution in [1.29, 1.82) is 0 Å². The third-order valence-electron chi connectivity index (χ3n) is 4.15. The van der Waals surface area contributed by atoms with Crippen LogP contribution < -0.4 is 0 Å². The number of benzene rings is 3. The van der Waals surface area contributed by atoms with E-state index in [0.29, 0.717) is 0 Å². The van der Waals surface area contributed by atoms with Crippen LogP contribution in [0.3, 0.4) is 0 Å². The maximum atomic E-state index is 4.77. The molecule has 112 valence electrons. The molecule has 0 saturated carbocycles. The summed E-state index contributed by atoms with van der Waals surface area (Å²) in [5.74, 6) is 0. The number of nitrogens with zero attached hydrogens (tertiary/aromatic N) is 1. The van der Waals surface area contributed by atoms with Crippen LogP contribution in [0, 0.1) is 0 Å². The first-order valence-corrected chi connectivity index (χ1v) is 8.63. The van der Waals surface area contributed by atoms with E-state index in [9.17, 15) is 0 Å². The SMILES string of the molecule is C[C@@H](N=Cc1cccc2c1sc1ccccc12)c1ccccc1. The second kappa shape index (κ2) is 5.98. The minimum atomic E-state index is 0.167. The van der Waals surface area contributed by atoms with E-state index >= 15 is 0 Å². The van der Waals surface area contributed by atoms with Crippen molar-refractivity contribution in [2.75, 3.05) is 0 Å². The number of hydrogen-bond donors (Lipinski definition) is 0. The molecule has 0 unspecified atom stereocenters. The van der Waals surface area contributed by atoms with Gasteiger partial charge < -0.3 is 0 Å². The van der Waals surface area contributed by atoms with Gasteiger partial charge in [0.05, 0.1) is 6.04 Å². The zero-order valence-corrected chi connectivity index (χ0v) is 13.8. The molecule has 1 heterocycles. The summed E-state index contributed by atoms with van der Waals surface area (Å²) in [5.41, 5.74) is 2.44. The lowest BCUT2D eigenvalue weighted by Crippen LogP contribution is -1.90. The van der Waals surface area contributed by atoms with Crippen molar-refractivity contribution in [3.8, 4) is 0 Å². The van der Waals surface area contributed by atoms with E-state index < -0.39 is 0 Å². The normalized spacial score (nSPS) is 13.1. The Morgan fingerprint density at radius 2 is 1.57 bits per heavy atom. The molecule has 0 aliphatic heterocycles. The summed E-state index contributed by atoms with van der Waals surface area (Å²) in [6.07, 6.45) is 2.02. The number of aliphatic imine (C=N–C) groups is 1. The van der Waals surface area contributed by atoms with Crippen LogP contribution >= 0.6 is 11.3 Å². The van der Waals surface area contributed by atoms with Gasteiger partial charge >= 0.3 is 0 Å². The number of rotatable bonds is 3. The van der Waals surface area contributed by atoms with Gasteiger partial charge in [-0.2, -0.15) is 0 Å². The minimum absolute atomic E-state index is 0.167. The van der Waals surface area contributed by atoms with Gasteiger partial charge in [0, 0.05) is 32.0 Å². The number of hydrogen-bond acceptors (Lipinski definition) is 2. The highest BCUT2D eigenvalue weighted by molar-refractivity contribution is 7.26. The lowest BCUT2D eigenvalue weighted by molar-refractivity contribution is 0.825. The molecule has 0 amide bonds. The van der Waals surface area contributed by atoms with Gasteiger partial charge in [-0.3, -0.25) is 4.99 Å². The van der Waals surface area contributed by atoms with Crippen LogP contribution in [0.4, 0.5) is 0 Å². The van der Waals surface area contributed by atoms with Crippen molar-refractivity contribution in [2.24, 2.45) is 4.99 Å². The van der Waals surface area contributed by atoms with Crippen molar-refractivity contribution in [1.82, 2.24) is 0 Å². The smallest absolute Gasteiger partial charge is 0.0721 e. The van der Waals surface area contributed by atoms with Crippen molar-refractivity contribution in [3.63, 3.8) is 0 Å². The molecular weight excluding hydrogens is 298 g/mol. The Balaban J connectivity index is 1.76. The van der Waals surface area contributed by atoms with Crippen molar-refractivity contribution >= 4 is 37.7 Å². The van der Waals surface area contributed by atoms with E-state index in [2.05, 4.69) is 73.7 Å². The summed E-state index contributed by atoms with van der Waals surface area (Å²) < 4.78 is 2.65. The molecular formula is C21H17NS. The third-order valence-corrected chi connectivity index (χ3v) is 5.39. The van der Waals surface area contributed by atoms with Gasteiger partial charge in [-0.25, -0.2) is 0 Å². The minimum Gasteiger partial charge on any atom is -0.285 e. The van der Waals surface area contributed by atoms with E-state index in [1.165, 1.54) is 31.3 Å². The van der Waals surface area contributed by atoms with E-state index in [4.69, 9.17) is 4.99 Å². The fourth-order valence-corrected chi connectivity index (χ4v) is 4.06. The Kier molecular flexibility index (Phi) is 3.68. The highest BCUT2D eigenvalue weighted by Crippen LogP contribution is 2.35. The van der Waals surface area contributed by atoms with Gasteiger partial charge in [0.1, 0.15) is 0 Å². The quantitative estimate of drug-likeness (QED) is 0.397. The molecule has 4 aromatic rings. The van der Waals surface area contributed by atoms with Crippen LogP contribution in [-0.4, -0.2) is 6.21 Å². The van der Waals surface area contributed by atoms with Crippen LogP contribution in [0.1, 0.15) is 24.1 Å². The predicted octanol–water partition coefficient (Wildman–Crippen LogP) is 6.23. The van der Waals surface area contributed by atoms with Crippen LogP contribution in [-0.2, 0) is 0 Å². The fraction of sp³-hybridized carbons (Fsp3) is 0.0952. The van der Waals surface area contributed by atoms with E-state index in [1.807, 2.05) is 23.6 Å². The molecule has 0 aliphatic rings. The topological polar surface area (TPSA) is 12.4 Å². The molecule has 23 heavy (non-hydrogen) atoms. The lowest BCUT2D eigenvalue weighted by atomic mass is 10.1. The van der Waals surface area contributed by atoms with Crippen LogP contribution in [0.5, 0.6) is 0 Å². The molecule has 0 spiro atoms. The zero-order valence-electron chi connectivity index (χ0n) is 12.9. The van der Waals surface area contributed by atoms with Crippen LogP contribution in [0.25, 0.3) is 20.2 Å². The monoisotopic (exact) mass is 315 g/mol. The molecule has 1 atom stereocenters. The van der Waals surface area contributed by atoms with Crippen LogP contribution in [0.2, 0.25) is 0 Å². The van der Waals surface area contributed by atoms with Gasteiger partial charge in [0.15, 0.2) is 0 Å². The summed E-state index contributed by atoms with van der Waals surface area (Å²) in [6.45, 7) is 2.14. The zero-order chi connectivity index (χ0) is 15.6. The number of fused-ring (bicyclic) bond motifs is 3. The first-order chi connectivity index (χ1) is 11.3. The summed E-state index contributed by atoms with van der Waals surface area (Å²) >= 11 is 1.84. The first kappa shape index (κ1) is 14.2. The summed E-state index contributed by atoms with van der Waals surface area (Å²) in [7, 11) is 0. The van der Waals surface area contributed by atoms with E-state index in [0.717, 1.165) is 0 Å². The Hall–Kier alpha value is -2.45. The Labute approximate surface area is 139 Å². The lowest BCUT2D eigenvalue weighted by Gasteiger charge is -2.06. The molecule has 3 aromatic carbocycles. The maximum Gasteiger partial charge on any atom is 0.0721 e. The molecule has 2 heteroatoms. The van der Waals surface area contributed by atoms with E-state index in [1.54, 1.807) is 0 Å². The van der Waals surface area contributed by atoms with Gasteiger partial charge in [-0.1, -0.05) is 66.7 Å². The molecule has 0 N–H and O–H groups in total. The average molecular weight is 315 g/mol. The van der Waals surface area contributed by atoms with E-state index in [-0.39, 0.29) is 6.04 Å².